The first-order valence-electron chi connectivity index (χ1n) is 19.3. The van der Waals surface area contributed by atoms with Gasteiger partial charge in [0.25, 0.3) is 0 Å². The Balaban J connectivity index is 1.21. The van der Waals surface area contributed by atoms with Gasteiger partial charge in [0, 0.05) is 18.0 Å². The van der Waals surface area contributed by atoms with Crippen LogP contribution in [0.1, 0.15) is 24.1 Å². The van der Waals surface area contributed by atoms with E-state index in [2.05, 4.69) is 186 Å². The van der Waals surface area contributed by atoms with Gasteiger partial charge >= 0.3 is 0 Å². The first-order chi connectivity index (χ1) is 27.8. The average molecular weight is 715 g/mol. The lowest BCUT2D eigenvalue weighted by Gasteiger charge is -2.22. The molecule has 2 heterocycles. The SMILES string of the molecule is C1=C(c2ccccn2)CCC(c2c3ccccc3c(-c3ccc(-c4ccccn4)cc3)c3cc(-c4cc(-c5ccccc5)cc(-c5ccccc5)c4)ccc23)=C1. The van der Waals surface area contributed by atoms with E-state index in [-0.39, 0.29) is 0 Å². The number of pyridine rings is 2. The minimum atomic E-state index is 0.945. The Morgan fingerprint density at radius 2 is 0.768 bits per heavy atom. The summed E-state index contributed by atoms with van der Waals surface area (Å²) in [4.78, 5) is 9.29. The van der Waals surface area contributed by atoms with Gasteiger partial charge in [-0.05, 0) is 144 Å². The fraction of sp³-hybridized carbons (Fsp3) is 0.0370. The van der Waals surface area contributed by atoms with Gasteiger partial charge in [0.15, 0.2) is 0 Å². The van der Waals surface area contributed by atoms with Gasteiger partial charge in [0.05, 0.1) is 11.4 Å². The van der Waals surface area contributed by atoms with E-state index in [4.69, 9.17) is 0 Å². The number of benzene rings is 7. The van der Waals surface area contributed by atoms with Gasteiger partial charge in [-0.15, -0.1) is 0 Å². The highest BCUT2D eigenvalue weighted by molar-refractivity contribution is 6.19. The second-order valence-electron chi connectivity index (χ2n) is 14.5. The van der Waals surface area contributed by atoms with Crippen molar-refractivity contribution < 1.29 is 0 Å². The smallest absolute Gasteiger partial charge is 0.0701 e. The molecule has 56 heavy (non-hydrogen) atoms. The molecule has 2 heteroatoms. The zero-order valence-corrected chi connectivity index (χ0v) is 30.9. The van der Waals surface area contributed by atoms with Crippen LogP contribution in [0.2, 0.25) is 0 Å². The second-order valence-corrected chi connectivity index (χ2v) is 14.5. The number of nitrogens with zero attached hydrogens (tertiary/aromatic N) is 2. The van der Waals surface area contributed by atoms with Crippen molar-refractivity contribution in [1.29, 1.82) is 0 Å². The van der Waals surface area contributed by atoms with Crippen LogP contribution in [-0.2, 0) is 0 Å². The third-order valence-electron chi connectivity index (χ3n) is 11.1. The molecular weight excluding hydrogens is 677 g/mol. The van der Waals surface area contributed by atoms with Crippen molar-refractivity contribution in [3.63, 3.8) is 0 Å². The lowest BCUT2D eigenvalue weighted by molar-refractivity contribution is 1.06. The molecule has 9 aromatic rings. The molecule has 2 nitrogen and oxygen atoms in total. The lowest BCUT2D eigenvalue weighted by atomic mass is 9.82. The molecule has 0 aliphatic heterocycles. The lowest BCUT2D eigenvalue weighted by Crippen LogP contribution is -1.99. The number of allylic oxidation sites excluding steroid dienone is 4. The first-order valence-corrected chi connectivity index (χ1v) is 19.3. The van der Waals surface area contributed by atoms with Gasteiger partial charge in [-0.25, -0.2) is 0 Å². The molecule has 0 N–H and O–H groups in total. The third-order valence-corrected chi connectivity index (χ3v) is 11.1. The van der Waals surface area contributed by atoms with Gasteiger partial charge < -0.3 is 0 Å². The molecule has 0 spiro atoms. The summed E-state index contributed by atoms with van der Waals surface area (Å²) in [5, 5.41) is 5.03. The first kappa shape index (κ1) is 33.4. The standard InChI is InChI=1S/C54H38N2/c1-3-13-37(14-4-1)44-33-45(38-15-5-2-6-16-38)35-46(34-44)43-29-30-49-50(36-43)54(42-27-23-40(24-28-42)52-20-10-12-32-56-52)48-18-8-7-17-47(48)53(49)41-25-21-39(22-26-41)51-19-9-11-31-55-51/h1-21,23-25,27-36H,22,26H2. The molecule has 0 saturated heterocycles. The van der Waals surface area contributed by atoms with Gasteiger partial charge in [-0.3, -0.25) is 9.97 Å². The van der Waals surface area contributed by atoms with Crippen LogP contribution in [0, 0.1) is 0 Å². The predicted molar refractivity (Wildman–Crippen MR) is 236 cm³/mol. The Kier molecular flexibility index (Phi) is 8.70. The van der Waals surface area contributed by atoms with Gasteiger partial charge in [0.2, 0.25) is 0 Å². The third kappa shape index (κ3) is 6.32. The van der Waals surface area contributed by atoms with E-state index in [1.165, 1.54) is 82.8 Å². The molecule has 10 rings (SSSR count). The molecule has 0 fully saturated rings. The highest BCUT2D eigenvalue weighted by Gasteiger charge is 2.21. The minimum Gasteiger partial charge on any atom is -0.257 e. The molecule has 7 aromatic carbocycles. The number of aromatic nitrogens is 2. The fourth-order valence-electron chi connectivity index (χ4n) is 8.36. The van der Waals surface area contributed by atoms with Gasteiger partial charge in [-0.1, -0.05) is 146 Å². The van der Waals surface area contributed by atoms with Crippen molar-refractivity contribution in [2.75, 3.05) is 0 Å². The predicted octanol–water partition coefficient (Wildman–Crippen LogP) is 14.4. The summed E-state index contributed by atoms with van der Waals surface area (Å²) in [5.41, 5.74) is 16.7. The van der Waals surface area contributed by atoms with Crippen LogP contribution in [0.3, 0.4) is 0 Å². The molecule has 0 bridgehead atoms. The van der Waals surface area contributed by atoms with Crippen LogP contribution in [0.5, 0.6) is 0 Å². The Morgan fingerprint density at radius 3 is 1.36 bits per heavy atom. The maximum atomic E-state index is 4.66. The summed E-state index contributed by atoms with van der Waals surface area (Å²) in [6.07, 6.45) is 10.2. The highest BCUT2D eigenvalue weighted by atomic mass is 14.7. The van der Waals surface area contributed by atoms with E-state index < -0.39 is 0 Å². The maximum absolute atomic E-state index is 4.66. The summed E-state index contributed by atoms with van der Waals surface area (Å²) in [6.45, 7) is 0. The van der Waals surface area contributed by atoms with Crippen molar-refractivity contribution in [3.8, 4) is 55.8 Å². The van der Waals surface area contributed by atoms with Crippen molar-refractivity contribution in [3.05, 3.63) is 218 Å². The Hall–Kier alpha value is -7.16. The van der Waals surface area contributed by atoms with Crippen LogP contribution < -0.4 is 0 Å². The van der Waals surface area contributed by atoms with Crippen LogP contribution in [0.15, 0.2) is 207 Å². The van der Waals surface area contributed by atoms with Gasteiger partial charge in [-0.2, -0.15) is 0 Å². The van der Waals surface area contributed by atoms with Crippen LogP contribution in [0.4, 0.5) is 0 Å². The molecule has 0 unspecified atom stereocenters. The summed E-state index contributed by atoms with van der Waals surface area (Å²) in [5.74, 6) is 0. The minimum absolute atomic E-state index is 0.945. The number of rotatable bonds is 7. The molecule has 0 amide bonds. The van der Waals surface area contributed by atoms with E-state index in [1.54, 1.807) is 0 Å². The highest BCUT2D eigenvalue weighted by Crippen LogP contribution is 2.46. The summed E-state index contributed by atoms with van der Waals surface area (Å²) in [7, 11) is 0. The molecule has 2 aromatic heterocycles. The van der Waals surface area contributed by atoms with E-state index in [0.717, 1.165) is 29.8 Å². The largest absolute Gasteiger partial charge is 0.257 e. The van der Waals surface area contributed by atoms with E-state index in [1.807, 2.05) is 30.6 Å². The molecule has 1 aliphatic carbocycles. The molecule has 0 atom stereocenters. The van der Waals surface area contributed by atoms with Crippen LogP contribution in [-0.4, -0.2) is 9.97 Å². The molecule has 0 saturated carbocycles. The van der Waals surface area contributed by atoms with Crippen molar-refractivity contribution >= 4 is 32.7 Å². The van der Waals surface area contributed by atoms with Crippen molar-refractivity contribution in [2.45, 2.75) is 12.8 Å². The number of hydrogen-bond acceptors (Lipinski definition) is 2. The zero-order valence-electron chi connectivity index (χ0n) is 30.9. The molecule has 264 valence electrons. The molecule has 1 aliphatic rings. The topological polar surface area (TPSA) is 25.8 Å². The van der Waals surface area contributed by atoms with E-state index in [0.29, 0.717) is 0 Å². The zero-order chi connectivity index (χ0) is 37.3. The quantitative estimate of drug-likeness (QED) is 0.154. The van der Waals surface area contributed by atoms with E-state index in [9.17, 15) is 0 Å². The molecular formula is C54H38N2. The number of hydrogen-bond donors (Lipinski definition) is 0. The Morgan fingerprint density at radius 1 is 0.286 bits per heavy atom. The van der Waals surface area contributed by atoms with E-state index >= 15 is 0 Å². The average Bonchev–Trinajstić information content (AvgIpc) is 3.29. The fourth-order valence-corrected chi connectivity index (χ4v) is 8.36. The Bertz CT molecular complexity index is 2850. The second kappa shape index (κ2) is 14.6. The van der Waals surface area contributed by atoms with Crippen LogP contribution >= 0.6 is 0 Å². The summed E-state index contributed by atoms with van der Waals surface area (Å²) >= 11 is 0. The summed E-state index contributed by atoms with van der Waals surface area (Å²) < 4.78 is 0. The number of fused-ring (bicyclic) bond motifs is 2. The summed E-state index contributed by atoms with van der Waals surface area (Å²) in [6, 6.07) is 65.7. The monoisotopic (exact) mass is 714 g/mol. The van der Waals surface area contributed by atoms with Crippen molar-refractivity contribution in [2.24, 2.45) is 0 Å². The molecule has 0 radical (unpaired) electrons. The Labute approximate surface area is 327 Å². The van der Waals surface area contributed by atoms with Crippen molar-refractivity contribution in [1.82, 2.24) is 9.97 Å². The maximum Gasteiger partial charge on any atom is 0.0701 e. The van der Waals surface area contributed by atoms with Gasteiger partial charge in [0.1, 0.15) is 0 Å². The van der Waals surface area contributed by atoms with Crippen LogP contribution in [0.25, 0.3) is 88.5 Å². The normalized spacial score (nSPS) is 12.7.